The molecule has 4 nitrogen and oxygen atoms in total. The number of Topliss-reactive ketones (excluding diaryl/α,β-unsaturated/α-hetero) is 1. The number of benzene rings is 1. The minimum Gasteiger partial charge on any atom is -0.350 e. The minimum atomic E-state index is 0.00379. The van der Waals surface area contributed by atoms with Crippen molar-refractivity contribution in [3.63, 3.8) is 0 Å². The van der Waals surface area contributed by atoms with Gasteiger partial charge in [0.2, 0.25) is 5.91 Å². The van der Waals surface area contributed by atoms with Crippen LogP contribution in [0.2, 0.25) is 0 Å². The van der Waals surface area contributed by atoms with Gasteiger partial charge in [-0.1, -0.05) is 15.9 Å². The Labute approximate surface area is 137 Å². The van der Waals surface area contributed by atoms with Crippen LogP contribution in [0.25, 0.3) is 0 Å². The van der Waals surface area contributed by atoms with E-state index in [9.17, 15) is 9.59 Å². The van der Waals surface area contributed by atoms with Crippen molar-refractivity contribution in [2.24, 2.45) is 0 Å². The van der Waals surface area contributed by atoms with Crippen LogP contribution in [0, 0.1) is 0 Å². The Kier molecular flexibility index (Phi) is 5.47. The maximum absolute atomic E-state index is 12.2. The van der Waals surface area contributed by atoms with E-state index in [-0.39, 0.29) is 11.7 Å². The van der Waals surface area contributed by atoms with E-state index < -0.39 is 0 Å². The molecule has 1 aromatic rings. The summed E-state index contributed by atoms with van der Waals surface area (Å²) in [4.78, 5) is 25.4. The van der Waals surface area contributed by atoms with Crippen LogP contribution < -0.4 is 5.32 Å². The first-order valence-corrected chi connectivity index (χ1v) is 8.61. The molecule has 0 saturated carbocycles. The molecule has 1 saturated heterocycles. The fraction of sp³-hybridized carbons (Fsp3) is 0.333. The van der Waals surface area contributed by atoms with Crippen LogP contribution in [-0.4, -0.2) is 35.9 Å². The number of likely N-dealkylation sites (tertiary alicyclic amines) is 1. The lowest BCUT2D eigenvalue weighted by molar-refractivity contribution is -0.130. The number of halogens is 1. The van der Waals surface area contributed by atoms with Gasteiger partial charge in [0.05, 0.1) is 11.6 Å². The zero-order valence-corrected chi connectivity index (χ0v) is 14.4. The summed E-state index contributed by atoms with van der Waals surface area (Å²) in [6, 6.07) is 7.76. The normalized spacial score (nSPS) is 17.7. The molecular formula is C15H17BrN2O2S. The summed E-state index contributed by atoms with van der Waals surface area (Å²) in [6.45, 7) is 2.43. The first kappa shape index (κ1) is 16.1. The number of piperidine rings is 1. The van der Waals surface area contributed by atoms with Gasteiger partial charge in [-0.05, 0) is 30.5 Å². The van der Waals surface area contributed by atoms with Gasteiger partial charge in [0.25, 0.3) is 0 Å². The lowest BCUT2D eigenvalue weighted by Gasteiger charge is -2.28. The lowest BCUT2D eigenvalue weighted by Crippen LogP contribution is -2.39. The second-order valence-electron chi connectivity index (χ2n) is 4.76. The van der Waals surface area contributed by atoms with Gasteiger partial charge in [0.15, 0.2) is 5.78 Å². The number of hydrogen-bond donors (Lipinski definition) is 1. The van der Waals surface area contributed by atoms with Crippen molar-refractivity contribution >= 4 is 45.1 Å². The molecule has 2 rings (SSSR count). The molecular weight excluding hydrogens is 352 g/mol. The van der Waals surface area contributed by atoms with E-state index in [0.29, 0.717) is 25.1 Å². The molecule has 112 valence electrons. The average Bonchev–Trinajstić information content (AvgIpc) is 2.47. The first-order chi connectivity index (χ1) is 10.0. The van der Waals surface area contributed by atoms with Crippen molar-refractivity contribution in [3.8, 4) is 0 Å². The van der Waals surface area contributed by atoms with E-state index >= 15 is 0 Å². The second-order valence-corrected chi connectivity index (χ2v) is 6.49. The van der Waals surface area contributed by atoms with Gasteiger partial charge >= 0.3 is 0 Å². The number of anilines is 1. The van der Waals surface area contributed by atoms with Gasteiger partial charge in [0.1, 0.15) is 0 Å². The SMILES string of the molecule is CS/C(Nc1ccc(Br)cc1)=C1/CN(C(C)=O)CCC1=O. The van der Waals surface area contributed by atoms with Gasteiger partial charge in [-0.15, -0.1) is 11.8 Å². The predicted octanol–water partition coefficient (Wildman–Crippen LogP) is 3.26. The summed E-state index contributed by atoms with van der Waals surface area (Å²) in [5, 5.41) is 4.09. The molecule has 1 aliphatic heterocycles. The first-order valence-electron chi connectivity index (χ1n) is 6.59. The number of carbonyl (C=O) groups excluding carboxylic acids is 2. The van der Waals surface area contributed by atoms with Crippen molar-refractivity contribution in [1.29, 1.82) is 0 Å². The highest BCUT2D eigenvalue weighted by molar-refractivity contribution is 9.10. The number of carbonyl (C=O) groups is 2. The molecule has 1 aromatic carbocycles. The molecule has 0 bridgehead atoms. The third-order valence-corrected chi connectivity index (χ3v) is 4.61. The number of thioether (sulfide) groups is 1. The fourth-order valence-corrected chi connectivity index (χ4v) is 3.04. The third kappa shape index (κ3) is 4.11. The maximum atomic E-state index is 12.2. The fourth-order valence-electron chi connectivity index (χ4n) is 2.13. The monoisotopic (exact) mass is 368 g/mol. The van der Waals surface area contributed by atoms with Crippen LogP contribution in [0.5, 0.6) is 0 Å². The minimum absolute atomic E-state index is 0.00379. The van der Waals surface area contributed by atoms with E-state index in [1.165, 1.54) is 18.7 Å². The van der Waals surface area contributed by atoms with Gasteiger partial charge in [-0.3, -0.25) is 9.59 Å². The van der Waals surface area contributed by atoms with E-state index in [0.717, 1.165) is 15.2 Å². The standard InChI is InChI=1S/C15H17BrN2O2S/c1-10(19)18-8-7-14(20)13(9-18)15(21-2)17-12-5-3-11(16)4-6-12/h3-6,17H,7-9H2,1-2H3/b15-13-. The zero-order valence-electron chi connectivity index (χ0n) is 12.0. The third-order valence-electron chi connectivity index (χ3n) is 3.32. The molecule has 0 radical (unpaired) electrons. The van der Waals surface area contributed by atoms with Crippen LogP contribution in [0.15, 0.2) is 39.3 Å². The topological polar surface area (TPSA) is 49.4 Å². The number of amides is 1. The van der Waals surface area contributed by atoms with Gasteiger partial charge < -0.3 is 10.2 Å². The summed E-state index contributed by atoms with van der Waals surface area (Å²) in [5.74, 6) is 0.116. The molecule has 21 heavy (non-hydrogen) atoms. The van der Waals surface area contributed by atoms with E-state index in [1.54, 1.807) is 4.90 Å². The summed E-state index contributed by atoms with van der Waals surface area (Å²) in [5.41, 5.74) is 1.61. The highest BCUT2D eigenvalue weighted by Gasteiger charge is 2.25. The molecule has 1 fully saturated rings. The van der Waals surface area contributed by atoms with Gasteiger partial charge in [-0.25, -0.2) is 0 Å². The Bertz CT molecular complexity index is 584. The Morgan fingerprint density at radius 2 is 2.00 bits per heavy atom. The molecule has 1 heterocycles. The maximum Gasteiger partial charge on any atom is 0.219 e. The summed E-state index contributed by atoms with van der Waals surface area (Å²) >= 11 is 4.89. The number of rotatable bonds is 3. The van der Waals surface area contributed by atoms with Crippen molar-refractivity contribution in [3.05, 3.63) is 39.3 Å². The van der Waals surface area contributed by atoms with Crippen LogP contribution in [0.4, 0.5) is 5.69 Å². The van der Waals surface area contributed by atoms with E-state index in [1.807, 2.05) is 30.5 Å². The lowest BCUT2D eigenvalue weighted by atomic mass is 10.0. The van der Waals surface area contributed by atoms with Crippen LogP contribution in [0.1, 0.15) is 13.3 Å². The van der Waals surface area contributed by atoms with E-state index in [4.69, 9.17) is 0 Å². The molecule has 0 aliphatic carbocycles. The molecule has 0 unspecified atom stereocenters. The smallest absolute Gasteiger partial charge is 0.219 e. The van der Waals surface area contributed by atoms with Crippen LogP contribution in [-0.2, 0) is 9.59 Å². The molecule has 0 atom stereocenters. The van der Waals surface area contributed by atoms with Crippen molar-refractivity contribution in [2.75, 3.05) is 24.7 Å². The summed E-state index contributed by atoms with van der Waals surface area (Å²) < 4.78 is 1.00. The van der Waals surface area contributed by atoms with Crippen LogP contribution in [0.3, 0.4) is 0 Å². The predicted molar refractivity (Wildman–Crippen MR) is 90.2 cm³/mol. The quantitative estimate of drug-likeness (QED) is 0.831. The number of ketones is 1. The molecule has 1 amide bonds. The largest absolute Gasteiger partial charge is 0.350 e. The Hall–Kier alpha value is -1.27. The average molecular weight is 369 g/mol. The highest BCUT2D eigenvalue weighted by Crippen LogP contribution is 2.25. The molecule has 0 spiro atoms. The van der Waals surface area contributed by atoms with Crippen molar-refractivity contribution in [1.82, 2.24) is 4.90 Å². The Balaban J connectivity index is 2.25. The molecule has 1 aliphatic rings. The number of nitrogens with zero attached hydrogens (tertiary/aromatic N) is 1. The van der Waals surface area contributed by atoms with Gasteiger partial charge in [0, 0.05) is 35.6 Å². The molecule has 0 aromatic heterocycles. The molecule has 6 heteroatoms. The zero-order chi connectivity index (χ0) is 15.4. The van der Waals surface area contributed by atoms with Crippen LogP contribution >= 0.6 is 27.7 Å². The van der Waals surface area contributed by atoms with Crippen molar-refractivity contribution < 1.29 is 9.59 Å². The Morgan fingerprint density at radius 1 is 1.33 bits per heavy atom. The summed E-state index contributed by atoms with van der Waals surface area (Å²) in [7, 11) is 0. The molecule has 1 N–H and O–H groups in total. The van der Waals surface area contributed by atoms with Crippen molar-refractivity contribution in [2.45, 2.75) is 13.3 Å². The van der Waals surface area contributed by atoms with E-state index in [2.05, 4.69) is 21.2 Å². The van der Waals surface area contributed by atoms with Gasteiger partial charge in [-0.2, -0.15) is 0 Å². The number of hydrogen-bond acceptors (Lipinski definition) is 4. The second kappa shape index (κ2) is 7.13. The Morgan fingerprint density at radius 3 is 2.57 bits per heavy atom. The number of nitrogens with one attached hydrogen (secondary N) is 1. The summed E-state index contributed by atoms with van der Waals surface area (Å²) in [6.07, 6.45) is 2.31. The highest BCUT2D eigenvalue weighted by atomic mass is 79.9.